The number of nitrogens with one attached hydrogen (secondary N) is 2. The minimum absolute atomic E-state index is 0.0465. The number of hydrogen-bond acceptors (Lipinski definition) is 2. The number of aryl methyl sites for hydroxylation is 2. The van der Waals surface area contributed by atoms with E-state index < -0.39 is 5.97 Å². The van der Waals surface area contributed by atoms with Crippen LogP contribution in [-0.2, 0) is 4.79 Å². The third-order valence-electron chi connectivity index (χ3n) is 2.89. The van der Waals surface area contributed by atoms with Crippen LogP contribution in [0.2, 0.25) is 0 Å². The van der Waals surface area contributed by atoms with E-state index in [2.05, 4.69) is 10.6 Å². The van der Waals surface area contributed by atoms with Gasteiger partial charge in [-0.15, -0.1) is 0 Å². The largest absolute Gasteiger partial charge is 0.481 e. The second-order valence-electron chi connectivity index (χ2n) is 4.70. The zero-order chi connectivity index (χ0) is 14.4. The molecule has 0 bridgehead atoms. The van der Waals surface area contributed by atoms with Crippen LogP contribution in [-0.4, -0.2) is 23.1 Å². The van der Waals surface area contributed by atoms with Crippen molar-refractivity contribution in [3.63, 3.8) is 0 Å². The predicted octanol–water partition coefficient (Wildman–Crippen LogP) is 2.68. The Bertz CT molecular complexity index is 452. The molecule has 1 unspecified atom stereocenters. The zero-order valence-corrected chi connectivity index (χ0v) is 11.5. The average Bonchev–Trinajstić information content (AvgIpc) is 2.31. The molecule has 0 aliphatic heterocycles. The number of hydrogen-bond donors (Lipinski definition) is 3. The van der Waals surface area contributed by atoms with Gasteiger partial charge in [-0.3, -0.25) is 4.79 Å². The summed E-state index contributed by atoms with van der Waals surface area (Å²) in [5.41, 5.74) is 2.78. The normalized spacial score (nSPS) is 11.7. The minimum atomic E-state index is -0.858. The molecule has 0 aliphatic carbocycles. The number of urea groups is 1. The molecular weight excluding hydrogens is 244 g/mol. The van der Waals surface area contributed by atoms with Crippen LogP contribution in [0.15, 0.2) is 18.2 Å². The number of benzene rings is 1. The first-order valence-electron chi connectivity index (χ1n) is 6.25. The van der Waals surface area contributed by atoms with Gasteiger partial charge in [0.2, 0.25) is 0 Å². The first-order valence-corrected chi connectivity index (χ1v) is 6.25. The van der Waals surface area contributed by atoms with Crippen molar-refractivity contribution in [2.45, 2.75) is 39.7 Å². The van der Waals surface area contributed by atoms with Gasteiger partial charge in [0.25, 0.3) is 0 Å². The molecular formula is C14H20N2O3. The standard InChI is InChI=1S/C14H20N2O3/c1-9-5-4-6-10(2)13(9)16-14(19)15-11(3)7-8-12(17)18/h4-6,11H,7-8H2,1-3H3,(H,17,18)(H2,15,16,19). The van der Waals surface area contributed by atoms with Crippen molar-refractivity contribution in [1.29, 1.82) is 0 Å². The van der Waals surface area contributed by atoms with Crippen LogP contribution in [0.1, 0.15) is 30.9 Å². The fourth-order valence-corrected chi connectivity index (χ4v) is 1.80. The Morgan fingerprint density at radius 1 is 1.26 bits per heavy atom. The van der Waals surface area contributed by atoms with Crippen LogP contribution in [0.5, 0.6) is 0 Å². The predicted molar refractivity (Wildman–Crippen MR) is 74.4 cm³/mol. The van der Waals surface area contributed by atoms with Gasteiger partial charge in [-0.1, -0.05) is 18.2 Å². The van der Waals surface area contributed by atoms with Crippen LogP contribution in [0.25, 0.3) is 0 Å². The fraction of sp³-hybridized carbons (Fsp3) is 0.429. The van der Waals surface area contributed by atoms with Crippen LogP contribution >= 0.6 is 0 Å². The Kier molecular flexibility index (Phi) is 5.36. The molecule has 19 heavy (non-hydrogen) atoms. The number of para-hydroxylation sites is 1. The van der Waals surface area contributed by atoms with Crippen molar-refractivity contribution in [2.75, 3.05) is 5.32 Å². The molecule has 1 rings (SSSR count). The molecule has 5 nitrogen and oxygen atoms in total. The van der Waals surface area contributed by atoms with Gasteiger partial charge in [0.15, 0.2) is 0 Å². The molecule has 0 saturated heterocycles. The van der Waals surface area contributed by atoms with E-state index in [1.54, 1.807) is 6.92 Å². The second kappa shape index (κ2) is 6.78. The molecule has 0 heterocycles. The first kappa shape index (κ1) is 15.0. The number of amides is 2. The smallest absolute Gasteiger partial charge is 0.319 e. The lowest BCUT2D eigenvalue weighted by atomic mass is 10.1. The van der Waals surface area contributed by atoms with Crippen molar-refractivity contribution in [3.8, 4) is 0 Å². The number of anilines is 1. The molecule has 104 valence electrons. The van der Waals surface area contributed by atoms with Gasteiger partial charge in [-0.25, -0.2) is 4.79 Å². The lowest BCUT2D eigenvalue weighted by Gasteiger charge is -2.16. The van der Waals surface area contributed by atoms with Crippen molar-refractivity contribution < 1.29 is 14.7 Å². The molecule has 2 amide bonds. The summed E-state index contributed by atoms with van der Waals surface area (Å²) in [6.07, 6.45) is 0.459. The molecule has 0 fully saturated rings. The maximum Gasteiger partial charge on any atom is 0.319 e. The first-order chi connectivity index (χ1) is 8.90. The Hall–Kier alpha value is -2.04. The SMILES string of the molecule is Cc1cccc(C)c1NC(=O)NC(C)CCC(=O)O. The fourth-order valence-electron chi connectivity index (χ4n) is 1.80. The molecule has 0 radical (unpaired) electrons. The molecule has 0 saturated carbocycles. The number of aliphatic carboxylic acids is 1. The average molecular weight is 264 g/mol. The topological polar surface area (TPSA) is 78.4 Å². The lowest BCUT2D eigenvalue weighted by Crippen LogP contribution is -2.36. The highest BCUT2D eigenvalue weighted by Gasteiger charge is 2.11. The number of carbonyl (C=O) groups is 2. The Labute approximate surface area is 113 Å². The molecule has 3 N–H and O–H groups in total. The van der Waals surface area contributed by atoms with Gasteiger partial charge < -0.3 is 15.7 Å². The maximum atomic E-state index is 11.8. The maximum absolute atomic E-state index is 11.8. The van der Waals surface area contributed by atoms with E-state index in [1.165, 1.54) is 0 Å². The van der Waals surface area contributed by atoms with Crippen molar-refractivity contribution in [3.05, 3.63) is 29.3 Å². The van der Waals surface area contributed by atoms with Gasteiger partial charge in [0, 0.05) is 18.2 Å². The van der Waals surface area contributed by atoms with Crippen molar-refractivity contribution in [1.82, 2.24) is 5.32 Å². The molecule has 1 atom stereocenters. The molecule has 1 aromatic rings. The summed E-state index contributed by atoms with van der Waals surface area (Å²) in [4.78, 5) is 22.2. The van der Waals surface area contributed by atoms with Crippen molar-refractivity contribution in [2.24, 2.45) is 0 Å². The molecule has 0 aliphatic rings. The number of carboxylic acid groups (broad SMARTS) is 1. The third-order valence-corrected chi connectivity index (χ3v) is 2.89. The lowest BCUT2D eigenvalue weighted by molar-refractivity contribution is -0.137. The van der Waals surface area contributed by atoms with Gasteiger partial charge in [-0.2, -0.15) is 0 Å². The third kappa shape index (κ3) is 4.99. The number of carboxylic acids is 1. The van der Waals surface area contributed by atoms with E-state index in [4.69, 9.17) is 5.11 Å². The quantitative estimate of drug-likeness (QED) is 0.765. The molecule has 0 spiro atoms. The summed E-state index contributed by atoms with van der Waals surface area (Å²) >= 11 is 0. The molecule has 5 heteroatoms. The van der Waals surface area contributed by atoms with Crippen LogP contribution in [0, 0.1) is 13.8 Å². The van der Waals surface area contributed by atoms with Gasteiger partial charge in [0.05, 0.1) is 0 Å². The summed E-state index contributed by atoms with van der Waals surface area (Å²) in [6, 6.07) is 5.30. The zero-order valence-electron chi connectivity index (χ0n) is 11.5. The van der Waals surface area contributed by atoms with Crippen LogP contribution < -0.4 is 10.6 Å². The molecule has 0 aromatic heterocycles. The summed E-state index contributed by atoms with van der Waals surface area (Å²) < 4.78 is 0. The van der Waals surface area contributed by atoms with Crippen LogP contribution in [0.4, 0.5) is 10.5 Å². The van der Waals surface area contributed by atoms with Gasteiger partial charge in [-0.05, 0) is 38.3 Å². The summed E-state index contributed by atoms with van der Waals surface area (Å²) in [7, 11) is 0. The molecule has 1 aromatic carbocycles. The summed E-state index contributed by atoms with van der Waals surface area (Å²) in [5.74, 6) is -0.858. The van der Waals surface area contributed by atoms with Crippen molar-refractivity contribution >= 4 is 17.7 Å². The highest BCUT2D eigenvalue weighted by Crippen LogP contribution is 2.19. The van der Waals surface area contributed by atoms with E-state index in [1.807, 2.05) is 32.0 Å². The Morgan fingerprint density at radius 3 is 2.37 bits per heavy atom. The van der Waals surface area contributed by atoms with E-state index >= 15 is 0 Å². The Balaban J connectivity index is 2.53. The van der Waals surface area contributed by atoms with Crippen LogP contribution in [0.3, 0.4) is 0 Å². The second-order valence-corrected chi connectivity index (χ2v) is 4.70. The van der Waals surface area contributed by atoms with E-state index in [0.717, 1.165) is 16.8 Å². The Morgan fingerprint density at radius 2 is 1.84 bits per heavy atom. The minimum Gasteiger partial charge on any atom is -0.481 e. The van der Waals surface area contributed by atoms with Gasteiger partial charge >= 0.3 is 12.0 Å². The highest BCUT2D eigenvalue weighted by molar-refractivity contribution is 5.91. The number of carbonyl (C=O) groups excluding carboxylic acids is 1. The monoisotopic (exact) mass is 264 g/mol. The van der Waals surface area contributed by atoms with E-state index in [0.29, 0.717) is 6.42 Å². The number of rotatable bonds is 5. The van der Waals surface area contributed by atoms with Gasteiger partial charge in [0.1, 0.15) is 0 Å². The summed E-state index contributed by atoms with van der Waals surface area (Å²) in [5, 5.41) is 14.1. The van der Waals surface area contributed by atoms with E-state index in [9.17, 15) is 9.59 Å². The van der Waals surface area contributed by atoms with E-state index in [-0.39, 0.29) is 18.5 Å². The summed E-state index contributed by atoms with van der Waals surface area (Å²) in [6.45, 7) is 5.64. The highest BCUT2D eigenvalue weighted by atomic mass is 16.4.